The third kappa shape index (κ3) is 3.89. The molecule has 0 heterocycles. The summed E-state index contributed by atoms with van der Waals surface area (Å²) in [5.74, 6) is 0.734. The number of rotatable bonds is 4. The van der Waals surface area contributed by atoms with Gasteiger partial charge in [-0.1, -0.05) is 13.8 Å². The van der Waals surface area contributed by atoms with Gasteiger partial charge in [0.15, 0.2) is 0 Å². The van der Waals surface area contributed by atoms with Crippen LogP contribution in [0.15, 0.2) is 18.2 Å². The average molecular weight is 318 g/mol. The molecule has 0 aliphatic carbocycles. The third-order valence-corrected chi connectivity index (χ3v) is 3.11. The van der Waals surface area contributed by atoms with Crippen molar-refractivity contribution in [2.24, 2.45) is 5.92 Å². The first-order chi connectivity index (χ1) is 7.00. The molecule has 1 aromatic rings. The van der Waals surface area contributed by atoms with Gasteiger partial charge in [-0.3, -0.25) is 0 Å². The first-order valence-corrected chi connectivity index (χ1v) is 6.34. The molecule has 0 radical (unpaired) electrons. The van der Waals surface area contributed by atoms with E-state index in [9.17, 15) is 0 Å². The van der Waals surface area contributed by atoms with Crippen molar-refractivity contribution in [3.05, 3.63) is 21.8 Å². The fourth-order valence-corrected chi connectivity index (χ4v) is 1.96. The molecule has 0 aliphatic rings. The Bertz CT molecular complexity index is 323. The van der Waals surface area contributed by atoms with E-state index >= 15 is 0 Å². The zero-order valence-electron chi connectivity index (χ0n) is 9.63. The lowest BCUT2D eigenvalue weighted by molar-refractivity contribution is 0.585. The van der Waals surface area contributed by atoms with Gasteiger partial charge in [-0.05, 0) is 53.1 Å². The Morgan fingerprint density at radius 2 is 2.07 bits per heavy atom. The second-order valence-corrected chi connectivity index (χ2v) is 5.55. The maximum atomic E-state index is 5.98. The summed E-state index contributed by atoms with van der Waals surface area (Å²) in [4.78, 5) is 2.23. The number of nitrogen functional groups attached to an aromatic ring is 1. The number of halogens is 1. The number of anilines is 2. The smallest absolute Gasteiger partial charge is 0.0598 e. The van der Waals surface area contributed by atoms with Crippen molar-refractivity contribution >= 4 is 34.0 Å². The maximum Gasteiger partial charge on any atom is 0.0598 e. The van der Waals surface area contributed by atoms with E-state index in [0.29, 0.717) is 0 Å². The molecule has 2 nitrogen and oxygen atoms in total. The van der Waals surface area contributed by atoms with Crippen LogP contribution in [-0.2, 0) is 0 Å². The molecule has 3 heteroatoms. The number of hydrogen-bond acceptors (Lipinski definition) is 2. The van der Waals surface area contributed by atoms with Gasteiger partial charge < -0.3 is 10.6 Å². The number of nitrogens with two attached hydrogens (primary N) is 1. The first kappa shape index (κ1) is 12.6. The zero-order valence-corrected chi connectivity index (χ0v) is 11.8. The predicted molar refractivity (Wildman–Crippen MR) is 76.3 cm³/mol. The van der Waals surface area contributed by atoms with Gasteiger partial charge in [-0.15, -0.1) is 0 Å². The van der Waals surface area contributed by atoms with Crippen LogP contribution in [0.1, 0.15) is 20.3 Å². The van der Waals surface area contributed by atoms with Crippen LogP contribution in [0.4, 0.5) is 11.4 Å². The maximum absolute atomic E-state index is 5.98. The first-order valence-electron chi connectivity index (χ1n) is 5.27. The monoisotopic (exact) mass is 318 g/mol. The highest BCUT2D eigenvalue weighted by Gasteiger charge is 2.06. The van der Waals surface area contributed by atoms with E-state index in [2.05, 4.69) is 60.5 Å². The molecule has 2 N–H and O–H groups in total. The van der Waals surface area contributed by atoms with E-state index in [-0.39, 0.29) is 0 Å². The number of nitrogens with zero attached hydrogens (tertiary/aromatic N) is 1. The molecule has 0 atom stereocenters. The van der Waals surface area contributed by atoms with Gasteiger partial charge in [0, 0.05) is 17.2 Å². The highest BCUT2D eigenvalue weighted by molar-refractivity contribution is 14.1. The van der Waals surface area contributed by atoms with Gasteiger partial charge in [0.1, 0.15) is 0 Å². The molecule has 0 fully saturated rings. The van der Waals surface area contributed by atoms with Crippen LogP contribution in [0, 0.1) is 9.49 Å². The summed E-state index contributed by atoms with van der Waals surface area (Å²) in [6, 6.07) is 6.21. The van der Waals surface area contributed by atoms with Crippen molar-refractivity contribution < 1.29 is 0 Å². The Kier molecular flexibility index (Phi) is 4.70. The molecule has 15 heavy (non-hydrogen) atoms. The molecule has 0 saturated carbocycles. The SMILES string of the molecule is CC(C)CCN(C)c1ccc(I)cc1N. The summed E-state index contributed by atoms with van der Waals surface area (Å²) in [5, 5.41) is 0. The predicted octanol–water partition coefficient (Wildman–Crippen LogP) is 3.36. The second kappa shape index (κ2) is 5.58. The molecule has 84 valence electrons. The van der Waals surface area contributed by atoms with Gasteiger partial charge in [0.25, 0.3) is 0 Å². The molecular weight excluding hydrogens is 299 g/mol. The molecule has 0 spiro atoms. The average Bonchev–Trinajstić information content (AvgIpc) is 2.14. The van der Waals surface area contributed by atoms with Gasteiger partial charge in [0.05, 0.1) is 11.4 Å². The minimum atomic E-state index is 0.734. The normalized spacial score (nSPS) is 10.7. The van der Waals surface area contributed by atoms with Gasteiger partial charge in [0.2, 0.25) is 0 Å². The molecule has 0 saturated heterocycles. The molecular formula is C12H19IN2. The van der Waals surface area contributed by atoms with Crippen molar-refractivity contribution in [2.75, 3.05) is 24.2 Å². The Balaban J connectivity index is 2.69. The Morgan fingerprint density at radius 3 is 2.60 bits per heavy atom. The summed E-state index contributed by atoms with van der Waals surface area (Å²) in [7, 11) is 2.10. The van der Waals surface area contributed by atoms with Gasteiger partial charge >= 0.3 is 0 Å². The van der Waals surface area contributed by atoms with Gasteiger partial charge in [-0.25, -0.2) is 0 Å². The molecule has 0 aliphatic heterocycles. The Hall–Kier alpha value is -0.450. The largest absolute Gasteiger partial charge is 0.397 e. The fourth-order valence-electron chi connectivity index (χ4n) is 1.45. The quantitative estimate of drug-likeness (QED) is 0.681. The lowest BCUT2D eigenvalue weighted by atomic mass is 10.1. The van der Waals surface area contributed by atoms with Crippen LogP contribution in [0.3, 0.4) is 0 Å². The number of hydrogen-bond donors (Lipinski definition) is 1. The highest BCUT2D eigenvalue weighted by atomic mass is 127. The van der Waals surface area contributed by atoms with Crippen molar-refractivity contribution in [1.82, 2.24) is 0 Å². The van der Waals surface area contributed by atoms with E-state index in [1.54, 1.807) is 0 Å². The highest BCUT2D eigenvalue weighted by Crippen LogP contribution is 2.24. The topological polar surface area (TPSA) is 29.3 Å². The van der Waals surface area contributed by atoms with E-state index in [4.69, 9.17) is 5.73 Å². The standard InChI is InChI=1S/C12H19IN2/c1-9(2)6-7-15(3)12-5-4-10(13)8-11(12)14/h4-5,8-9H,6-7,14H2,1-3H3. The Morgan fingerprint density at radius 1 is 1.40 bits per heavy atom. The third-order valence-electron chi connectivity index (χ3n) is 2.44. The molecule has 1 rings (SSSR count). The van der Waals surface area contributed by atoms with Crippen molar-refractivity contribution in [1.29, 1.82) is 0 Å². The van der Waals surface area contributed by atoms with Crippen molar-refractivity contribution in [2.45, 2.75) is 20.3 Å². The van der Waals surface area contributed by atoms with Crippen LogP contribution < -0.4 is 10.6 Å². The van der Waals surface area contributed by atoms with Crippen molar-refractivity contribution in [3.63, 3.8) is 0 Å². The zero-order chi connectivity index (χ0) is 11.4. The minimum Gasteiger partial charge on any atom is -0.397 e. The van der Waals surface area contributed by atoms with E-state index < -0.39 is 0 Å². The molecule has 0 unspecified atom stereocenters. The van der Waals surface area contributed by atoms with E-state index in [1.165, 1.54) is 9.99 Å². The van der Waals surface area contributed by atoms with Crippen LogP contribution in [0.25, 0.3) is 0 Å². The molecule has 0 amide bonds. The minimum absolute atomic E-state index is 0.734. The molecule has 0 bridgehead atoms. The van der Waals surface area contributed by atoms with E-state index in [1.807, 2.05) is 6.07 Å². The van der Waals surface area contributed by atoms with Crippen LogP contribution in [0.2, 0.25) is 0 Å². The number of benzene rings is 1. The summed E-state index contributed by atoms with van der Waals surface area (Å²) in [6.07, 6.45) is 1.20. The lowest BCUT2D eigenvalue weighted by Gasteiger charge is -2.22. The molecule has 1 aromatic carbocycles. The lowest BCUT2D eigenvalue weighted by Crippen LogP contribution is -2.21. The van der Waals surface area contributed by atoms with Crippen LogP contribution >= 0.6 is 22.6 Å². The van der Waals surface area contributed by atoms with Crippen LogP contribution in [0.5, 0.6) is 0 Å². The summed E-state index contributed by atoms with van der Waals surface area (Å²) in [6.45, 7) is 5.54. The second-order valence-electron chi connectivity index (χ2n) is 4.31. The molecule has 0 aromatic heterocycles. The fraction of sp³-hybridized carbons (Fsp3) is 0.500. The summed E-state index contributed by atoms with van der Waals surface area (Å²) in [5.41, 5.74) is 7.99. The van der Waals surface area contributed by atoms with E-state index in [0.717, 1.165) is 23.8 Å². The van der Waals surface area contributed by atoms with Gasteiger partial charge in [-0.2, -0.15) is 0 Å². The van der Waals surface area contributed by atoms with Crippen LogP contribution in [-0.4, -0.2) is 13.6 Å². The summed E-state index contributed by atoms with van der Waals surface area (Å²) < 4.78 is 1.19. The summed E-state index contributed by atoms with van der Waals surface area (Å²) >= 11 is 2.28. The van der Waals surface area contributed by atoms with Crippen molar-refractivity contribution in [3.8, 4) is 0 Å². The Labute approximate surface area is 106 Å².